The van der Waals surface area contributed by atoms with Gasteiger partial charge in [-0.25, -0.2) is 0 Å². The van der Waals surface area contributed by atoms with Crippen LogP contribution in [0, 0.1) is 0 Å². The third-order valence-corrected chi connectivity index (χ3v) is 11.5. The zero-order valence-electron chi connectivity index (χ0n) is 26.5. The number of hydrogen-bond acceptors (Lipinski definition) is 4. The Bertz CT molecular complexity index is 3330. The minimum absolute atomic E-state index is 0.784. The van der Waals surface area contributed by atoms with E-state index in [1.165, 1.54) is 42.9 Å². The van der Waals surface area contributed by atoms with Crippen LogP contribution in [0.5, 0.6) is 0 Å². The lowest BCUT2D eigenvalue weighted by atomic mass is 9.84. The molecule has 0 saturated carbocycles. The summed E-state index contributed by atoms with van der Waals surface area (Å²) in [7, 11) is 0. The van der Waals surface area contributed by atoms with Crippen LogP contribution in [-0.2, 0) is 0 Å². The van der Waals surface area contributed by atoms with Crippen LogP contribution in [0.4, 0.5) is 0 Å². The lowest BCUT2D eigenvalue weighted by Crippen LogP contribution is -1.91. The van der Waals surface area contributed by atoms with Crippen molar-refractivity contribution in [1.82, 2.24) is 0 Å². The van der Waals surface area contributed by atoms with Crippen LogP contribution < -0.4 is 0 Å². The van der Waals surface area contributed by atoms with Crippen LogP contribution in [0.2, 0.25) is 0 Å². The van der Waals surface area contributed by atoms with Gasteiger partial charge < -0.3 is 13.3 Å². The molecule has 4 heterocycles. The molecule has 0 aliphatic rings. The second-order valence-electron chi connectivity index (χ2n) is 13.1. The van der Waals surface area contributed by atoms with Crippen molar-refractivity contribution in [2.24, 2.45) is 0 Å². The molecular weight excluding hydrogens is 633 g/mol. The maximum absolute atomic E-state index is 6.68. The van der Waals surface area contributed by atoms with Crippen LogP contribution in [0.15, 0.2) is 158 Å². The average molecular weight is 657 g/mol. The molecular formula is C46H24O3S. The van der Waals surface area contributed by atoms with E-state index in [0.717, 1.165) is 76.8 Å². The first-order chi connectivity index (χ1) is 24.8. The third-order valence-electron chi connectivity index (χ3n) is 10.6. The topological polar surface area (TPSA) is 39.4 Å². The van der Waals surface area contributed by atoms with Crippen molar-refractivity contribution in [1.29, 1.82) is 0 Å². The molecule has 0 N–H and O–H groups in total. The molecule has 0 aliphatic carbocycles. The van der Waals surface area contributed by atoms with Crippen molar-refractivity contribution in [2.45, 2.75) is 0 Å². The van der Waals surface area contributed by atoms with Gasteiger partial charge in [-0.2, -0.15) is 0 Å². The summed E-state index contributed by atoms with van der Waals surface area (Å²) in [5, 5.41) is 14.8. The summed E-state index contributed by atoms with van der Waals surface area (Å²) < 4.78 is 20.8. The highest BCUT2D eigenvalue weighted by Crippen LogP contribution is 2.50. The summed E-state index contributed by atoms with van der Waals surface area (Å²) in [4.78, 5) is 0. The molecule has 4 heteroatoms. The zero-order valence-corrected chi connectivity index (χ0v) is 27.3. The Morgan fingerprint density at radius 3 is 1.56 bits per heavy atom. The van der Waals surface area contributed by atoms with E-state index < -0.39 is 0 Å². The van der Waals surface area contributed by atoms with Crippen molar-refractivity contribution < 1.29 is 13.3 Å². The van der Waals surface area contributed by atoms with Crippen LogP contribution >= 0.6 is 11.3 Å². The summed E-state index contributed by atoms with van der Waals surface area (Å²) in [6.07, 6.45) is 0. The number of thiophene rings is 1. The van der Waals surface area contributed by atoms with Gasteiger partial charge >= 0.3 is 0 Å². The van der Waals surface area contributed by atoms with E-state index in [1.807, 2.05) is 18.2 Å². The SMILES string of the molecule is c1ccc2c(c1)oc1c3ccsc3c(-c3c4ccccc4c(-c4cccc5oc6c(ccc7c8ccccc8oc76)c45)c4ccccc34)cc21. The molecule has 3 nitrogen and oxygen atoms in total. The zero-order chi connectivity index (χ0) is 32.5. The lowest BCUT2D eigenvalue weighted by Gasteiger charge is -2.18. The molecule has 0 fully saturated rings. The normalized spacial score (nSPS) is 12.4. The Morgan fingerprint density at radius 1 is 0.340 bits per heavy atom. The van der Waals surface area contributed by atoms with E-state index in [9.17, 15) is 0 Å². The first-order valence-electron chi connectivity index (χ1n) is 16.8. The Morgan fingerprint density at radius 2 is 0.860 bits per heavy atom. The van der Waals surface area contributed by atoms with Gasteiger partial charge in [-0.3, -0.25) is 0 Å². The molecule has 12 aromatic rings. The van der Waals surface area contributed by atoms with Crippen molar-refractivity contribution in [2.75, 3.05) is 0 Å². The molecule has 12 rings (SSSR count). The summed E-state index contributed by atoms with van der Waals surface area (Å²) in [6.45, 7) is 0. The van der Waals surface area contributed by atoms with E-state index in [1.54, 1.807) is 11.3 Å². The monoisotopic (exact) mass is 656 g/mol. The second-order valence-corrected chi connectivity index (χ2v) is 14.0. The Kier molecular flexibility index (Phi) is 5.12. The highest BCUT2D eigenvalue weighted by Gasteiger charge is 2.24. The average Bonchev–Trinajstić information content (AvgIpc) is 3.96. The number of fused-ring (bicyclic) bond motifs is 14. The van der Waals surface area contributed by atoms with E-state index >= 15 is 0 Å². The van der Waals surface area contributed by atoms with Gasteiger partial charge in [0.15, 0.2) is 11.2 Å². The molecule has 0 spiro atoms. The van der Waals surface area contributed by atoms with Crippen LogP contribution in [0.3, 0.4) is 0 Å². The fourth-order valence-corrected chi connectivity index (χ4v) is 9.40. The standard InChI is InChI=1S/C46H24O3S/c1-3-14-29-27(12-1)40(32-16-9-19-39-42(32)33-21-20-31-25-10-5-7-17-37(25)48-44(31)45(33)49-39)28-13-2-4-15-30(28)41(29)36-24-35-26-11-6-8-18-38(26)47-43(35)34-22-23-50-46(34)36/h1-24H. The molecule has 8 aromatic carbocycles. The smallest absolute Gasteiger partial charge is 0.178 e. The van der Waals surface area contributed by atoms with Gasteiger partial charge in [0.1, 0.15) is 22.3 Å². The van der Waals surface area contributed by atoms with Crippen LogP contribution in [0.25, 0.3) is 120 Å². The second kappa shape index (κ2) is 9.63. The fourth-order valence-electron chi connectivity index (χ4n) is 8.48. The fraction of sp³-hybridized carbons (Fsp3) is 0. The molecule has 0 bridgehead atoms. The predicted octanol–water partition coefficient (Wildman–Crippen LogP) is 14.2. The summed E-state index contributed by atoms with van der Waals surface area (Å²) >= 11 is 1.78. The van der Waals surface area contributed by atoms with Crippen molar-refractivity contribution in [3.05, 3.63) is 145 Å². The summed E-state index contributed by atoms with van der Waals surface area (Å²) in [5.41, 5.74) is 9.98. The lowest BCUT2D eigenvalue weighted by molar-refractivity contribution is 0.633. The van der Waals surface area contributed by atoms with Crippen LogP contribution in [-0.4, -0.2) is 0 Å². The Balaban J connectivity index is 1.22. The maximum Gasteiger partial charge on any atom is 0.178 e. The van der Waals surface area contributed by atoms with Gasteiger partial charge in [-0.15, -0.1) is 11.3 Å². The highest BCUT2D eigenvalue weighted by atomic mass is 32.1. The number of rotatable bonds is 2. The molecule has 232 valence electrons. The number of benzene rings is 8. The molecule has 50 heavy (non-hydrogen) atoms. The van der Waals surface area contributed by atoms with E-state index in [-0.39, 0.29) is 0 Å². The van der Waals surface area contributed by atoms with Gasteiger partial charge in [0, 0.05) is 48.0 Å². The molecule has 0 unspecified atom stereocenters. The van der Waals surface area contributed by atoms with E-state index in [4.69, 9.17) is 13.3 Å². The largest absolute Gasteiger partial charge is 0.455 e. The molecule has 0 saturated heterocycles. The number of hydrogen-bond donors (Lipinski definition) is 0. The summed E-state index contributed by atoms with van der Waals surface area (Å²) in [5.74, 6) is 0. The predicted molar refractivity (Wildman–Crippen MR) is 210 cm³/mol. The Labute approximate surface area is 288 Å². The minimum atomic E-state index is 0.784. The molecule has 0 aliphatic heterocycles. The van der Waals surface area contributed by atoms with E-state index in [2.05, 4.69) is 127 Å². The third kappa shape index (κ3) is 3.38. The van der Waals surface area contributed by atoms with Crippen LogP contribution in [0.1, 0.15) is 0 Å². The number of para-hydroxylation sites is 2. The Hall–Kier alpha value is -6.36. The first kappa shape index (κ1) is 26.6. The van der Waals surface area contributed by atoms with E-state index in [0.29, 0.717) is 0 Å². The maximum atomic E-state index is 6.68. The van der Waals surface area contributed by atoms with Crippen molar-refractivity contribution in [3.8, 4) is 22.3 Å². The van der Waals surface area contributed by atoms with Gasteiger partial charge in [0.05, 0.1) is 0 Å². The van der Waals surface area contributed by atoms with Gasteiger partial charge in [0.2, 0.25) is 0 Å². The quantitative estimate of drug-likeness (QED) is 0.174. The highest BCUT2D eigenvalue weighted by molar-refractivity contribution is 7.18. The van der Waals surface area contributed by atoms with Gasteiger partial charge in [-0.05, 0) is 86.1 Å². The molecule has 0 amide bonds. The summed E-state index contributed by atoms with van der Waals surface area (Å²) in [6, 6.07) is 49.7. The molecule has 0 radical (unpaired) electrons. The van der Waals surface area contributed by atoms with Crippen molar-refractivity contribution >= 4 is 109 Å². The molecule has 0 atom stereocenters. The van der Waals surface area contributed by atoms with Gasteiger partial charge in [0.25, 0.3) is 0 Å². The molecule has 4 aromatic heterocycles. The van der Waals surface area contributed by atoms with Gasteiger partial charge in [-0.1, -0.05) is 97.1 Å². The number of furan rings is 3. The minimum Gasteiger partial charge on any atom is -0.455 e. The van der Waals surface area contributed by atoms with Crippen molar-refractivity contribution in [3.63, 3.8) is 0 Å². The first-order valence-corrected chi connectivity index (χ1v) is 17.7.